The predicted octanol–water partition coefficient (Wildman–Crippen LogP) is 6.99. The Balaban J connectivity index is 1.78. The molecule has 0 radical (unpaired) electrons. The minimum atomic E-state index is -3.06. The summed E-state index contributed by atoms with van der Waals surface area (Å²) < 4.78 is 27.1. The van der Waals surface area contributed by atoms with Crippen LogP contribution in [0, 0.1) is 0 Å². The van der Waals surface area contributed by atoms with Crippen molar-refractivity contribution < 1.29 is 13.6 Å². The first-order chi connectivity index (χ1) is 11.4. The molecule has 0 bridgehead atoms. The Labute approximate surface area is 148 Å². The Bertz CT molecular complexity index is 414. The summed E-state index contributed by atoms with van der Waals surface area (Å²) in [5.41, 5.74) is -0.351. The number of hydrogen-bond acceptors (Lipinski definition) is 3. The zero-order valence-corrected chi connectivity index (χ0v) is 16.8. The lowest BCUT2D eigenvalue weighted by Gasteiger charge is -2.44. The second kappa shape index (κ2) is 7.80. The van der Waals surface area contributed by atoms with E-state index < -0.39 is 7.60 Å². The normalized spacial score (nSPS) is 28.6. The van der Waals surface area contributed by atoms with Crippen LogP contribution in [0.5, 0.6) is 0 Å². The number of hydrogen-bond donors (Lipinski definition) is 0. The van der Waals surface area contributed by atoms with Gasteiger partial charge in [0.2, 0.25) is 0 Å². The van der Waals surface area contributed by atoms with E-state index in [1.165, 1.54) is 57.8 Å². The molecule has 0 aromatic rings. The van der Waals surface area contributed by atoms with E-state index in [0.717, 1.165) is 38.5 Å². The van der Waals surface area contributed by atoms with Crippen LogP contribution in [0.1, 0.15) is 110 Å². The summed E-state index contributed by atoms with van der Waals surface area (Å²) in [6, 6.07) is 0. The van der Waals surface area contributed by atoms with Crippen molar-refractivity contribution in [1.82, 2.24) is 0 Å². The van der Waals surface area contributed by atoms with Crippen LogP contribution in [-0.4, -0.2) is 16.9 Å². The van der Waals surface area contributed by atoms with Crippen molar-refractivity contribution in [3.05, 3.63) is 0 Å². The van der Waals surface area contributed by atoms with Crippen LogP contribution in [0.25, 0.3) is 0 Å². The lowest BCUT2D eigenvalue weighted by Crippen LogP contribution is -2.37. The minimum Gasteiger partial charge on any atom is -0.302 e. The number of rotatable bonds is 5. The van der Waals surface area contributed by atoms with Crippen LogP contribution in [0.15, 0.2) is 0 Å². The molecule has 140 valence electrons. The molecule has 3 rings (SSSR count). The van der Waals surface area contributed by atoms with E-state index in [9.17, 15) is 4.57 Å². The SMILES string of the molecule is CC1(OP(=O)(OC2(C)CCCCC2)C2CCCCC2)CCCCC1. The molecule has 0 aliphatic heterocycles. The molecule has 3 nitrogen and oxygen atoms in total. The highest BCUT2D eigenvalue weighted by Gasteiger charge is 2.47. The van der Waals surface area contributed by atoms with Crippen molar-refractivity contribution in [2.75, 3.05) is 0 Å². The summed E-state index contributed by atoms with van der Waals surface area (Å²) in [6.45, 7) is 4.35. The van der Waals surface area contributed by atoms with Gasteiger partial charge in [-0.05, 0) is 52.4 Å². The maximum absolute atomic E-state index is 14.1. The first-order valence-corrected chi connectivity index (χ1v) is 12.1. The van der Waals surface area contributed by atoms with E-state index in [1.807, 2.05) is 0 Å². The van der Waals surface area contributed by atoms with Gasteiger partial charge in [0.05, 0.1) is 16.9 Å². The third-order valence-corrected chi connectivity index (χ3v) is 9.34. The average molecular weight is 356 g/mol. The fraction of sp³-hybridized carbons (Fsp3) is 1.00. The summed E-state index contributed by atoms with van der Waals surface area (Å²) in [7, 11) is -3.06. The standard InChI is InChI=1S/C20H37O3P/c1-19(14-8-4-9-15-19)22-24(21,18-12-6-3-7-13-18)23-20(2)16-10-5-11-17-20/h18H,3-17H2,1-2H3. The molecule has 0 amide bonds. The van der Waals surface area contributed by atoms with Crippen molar-refractivity contribution in [2.45, 2.75) is 127 Å². The first-order valence-electron chi connectivity index (χ1n) is 10.4. The van der Waals surface area contributed by atoms with Gasteiger partial charge in [-0.2, -0.15) is 0 Å². The Kier molecular flexibility index (Phi) is 6.15. The van der Waals surface area contributed by atoms with Gasteiger partial charge in [-0.15, -0.1) is 0 Å². The summed E-state index contributed by atoms with van der Waals surface area (Å²) >= 11 is 0. The monoisotopic (exact) mass is 356 g/mol. The predicted molar refractivity (Wildman–Crippen MR) is 99.6 cm³/mol. The van der Waals surface area contributed by atoms with Gasteiger partial charge in [-0.25, -0.2) is 0 Å². The van der Waals surface area contributed by atoms with E-state index in [4.69, 9.17) is 9.05 Å². The first kappa shape index (κ1) is 18.9. The molecule has 0 aromatic carbocycles. The molecular formula is C20H37O3P. The van der Waals surface area contributed by atoms with Gasteiger partial charge < -0.3 is 9.05 Å². The fourth-order valence-electron chi connectivity index (χ4n) is 4.96. The van der Waals surface area contributed by atoms with Crippen LogP contribution in [0.4, 0.5) is 0 Å². The molecule has 0 spiro atoms. The lowest BCUT2D eigenvalue weighted by molar-refractivity contribution is -0.0192. The van der Waals surface area contributed by atoms with E-state index in [1.54, 1.807) is 0 Å². The van der Waals surface area contributed by atoms with Crippen LogP contribution in [0.3, 0.4) is 0 Å². The highest BCUT2D eigenvalue weighted by molar-refractivity contribution is 7.54. The van der Waals surface area contributed by atoms with Gasteiger partial charge >= 0.3 is 7.60 Å². The van der Waals surface area contributed by atoms with Crippen LogP contribution >= 0.6 is 7.60 Å². The van der Waals surface area contributed by atoms with E-state index in [2.05, 4.69) is 13.8 Å². The fourth-order valence-corrected chi connectivity index (χ4v) is 7.89. The Morgan fingerprint density at radius 2 is 1.04 bits per heavy atom. The Morgan fingerprint density at radius 3 is 1.46 bits per heavy atom. The lowest BCUT2D eigenvalue weighted by atomic mass is 9.87. The van der Waals surface area contributed by atoms with Gasteiger partial charge in [0.1, 0.15) is 0 Å². The van der Waals surface area contributed by atoms with E-state index in [-0.39, 0.29) is 16.9 Å². The smallest absolute Gasteiger partial charge is 0.302 e. The highest BCUT2D eigenvalue weighted by atomic mass is 31.2. The van der Waals surface area contributed by atoms with Crippen LogP contribution < -0.4 is 0 Å². The van der Waals surface area contributed by atoms with E-state index in [0.29, 0.717) is 0 Å². The molecular weight excluding hydrogens is 319 g/mol. The molecule has 0 unspecified atom stereocenters. The molecule has 3 fully saturated rings. The molecule has 24 heavy (non-hydrogen) atoms. The molecule has 0 saturated heterocycles. The van der Waals surface area contributed by atoms with Gasteiger partial charge in [-0.1, -0.05) is 57.8 Å². The third-order valence-electron chi connectivity index (χ3n) is 6.54. The van der Waals surface area contributed by atoms with Crippen molar-refractivity contribution >= 4 is 7.60 Å². The molecule has 3 aliphatic rings. The molecule has 0 atom stereocenters. The summed E-state index contributed by atoms with van der Waals surface area (Å²) in [6.07, 6.45) is 17.1. The maximum atomic E-state index is 14.1. The van der Waals surface area contributed by atoms with Gasteiger partial charge in [0.15, 0.2) is 0 Å². The second-order valence-electron chi connectivity index (χ2n) is 9.04. The van der Waals surface area contributed by atoms with Gasteiger partial charge in [-0.3, -0.25) is 4.57 Å². The van der Waals surface area contributed by atoms with Crippen molar-refractivity contribution in [3.63, 3.8) is 0 Å². The Hall–Kier alpha value is 0.150. The molecule has 4 heteroatoms. The largest absolute Gasteiger partial charge is 0.334 e. The molecule has 0 heterocycles. The molecule has 3 aliphatic carbocycles. The van der Waals surface area contributed by atoms with Crippen LogP contribution in [-0.2, 0) is 13.6 Å². The van der Waals surface area contributed by atoms with Crippen LogP contribution in [0.2, 0.25) is 0 Å². The summed E-state index contributed by atoms with van der Waals surface area (Å²) in [5, 5.41) is 0. The van der Waals surface area contributed by atoms with Crippen molar-refractivity contribution in [3.8, 4) is 0 Å². The molecule has 3 saturated carbocycles. The zero-order chi connectivity index (χ0) is 17.1. The molecule has 0 aromatic heterocycles. The average Bonchev–Trinajstić information content (AvgIpc) is 2.56. The summed E-state index contributed by atoms with van der Waals surface area (Å²) in [5.74, 6) is 0. The quantitative estimate of drug-likeness (QED) is 0.498. The topological polar surface area (TPSA) is 35.5 Å². The van der Waals surface area contributed by atoms with Crippen molar-refractivity contribution in [1.29, 1.82) is 0 Å². The maximum Gasteiger partial charge on any atom is 0.334 e. The Morgan fingerprint density at radius 1 is 0.667 bits per heavy atom. The second-order valence-corrected chi connectivity index (χ2v) is 11.2. The third kappa shape index (κ3) is 4.65. The summed E-state index contributed by atoms with van der Waals surface area (Å²) in [4.78, 5) is 0. The van der Waals surface area contributed by atoms with E-state index >= 15 is 0 Å². The van der Waals surface area contributed by atoms with Gasteiger partial charge in [0.25, 0.3) is 0 Å². The van der Waals surface area contributed by atoms with Gasteiger partial charge in [0, 0.05) is 0 Å². The van der Waals surface area contributed by atoms with Crippen molar-refractivity contribution in [2.24, 2.45) is 0 Å². The zero-order valence-electron chi connectivity index (χ0n) is 15.9. The minimum absolute atomic E-state index is 0.128. The molecule has 0 N–H and O–H groups in total. The highest BCUT2D eigenvalue weighted by Crippen LogP contribution is 2.64.